The lowest BCUT2D eigenvalue weighted by Gasteiger charge is -2.30. The lowest BCUT2D eigenvalue weighted by molar-refractivity contribution is -0.115. The van der Waals surface area contributed by atoms with Crippen LogP contribution in [-0.2, 0) is 14.4 Å². The Balaban J connectivity index is 1.39. The first kappa shape index (κ1) is 14.8. The van der Waals surface area contributed by atoms with E-state index in [1.807, 2.05) is 0 Å². The van der Waals surface area contributed by atoms with Crippen LogP contribution in [0.1, 0.15) is 44.9 Å². The molecule has 2 saturated heterocycles. The van der Waals surface area contributed by atoms with E-state index in [0.717, 1.165) is 51.8 Å². The molecule has 6 nitrogen and oxygen atoms in total. The van der Waals surface area contributed by atoms with Crippen molar-refractivity contribution in [2.24, 2.45) is 5.16 Å². The first-order chi connectivity index (χ1) is 10.3. The summed E-state index contributed by atoms with van der Waals surface area (Å²) in [6, 6.07) is 0. The molecule has 1 amide bonds. The van der Waals surface area contributed by atoms with Gasteiger partial charge in [0.15, 0.2) is 0 Å². The fourth-order valence-corrected chi connectivity index (χ4v) is 3.28. The van der Waals surface area contributed by atoms with E-state index in [0.29, 0.717) is 24.8 Å². The van der Waals surface area contributed by atoms with Crippen LogP contribution in [0.2, 0.25) is 0 Å². The number of oxime groups is 1. The van der Waals surface area contributed by atoms with Crippen LogP contribution in [0.5, 0.6) is 0 Å². The van der Waals surface area contributed by atoms with Gasteiger partial charge < -0.3 is 20.2 Å². The number of hydrogen-bond acceptors (Lipinski definition) is 5. The minimum atomic E-state index is -0.232. The zero-order valence-electron chi connectivity index (χ0n) is 12.5. The fourth-order valence-electron chi connectivity index (χ4n) is 3.28. The number of nitrogens with one attached hydrogen (secondary N) is 2. The van der Waals surface area contributed by atoms with E-state index < -0.39 is 0 Å². The van der Waals surface area contributed by atoms with Crippen molar-refractivity contribution in [3.8, 4) is 0 Å². The third-order valence-electron chi connectivity index (χ3n) is 4.64. The highest BCUT2D eigenvalue weighted by atomic mass is 16.7. The van der Waals surface area contributed by atoms with Crippen LogP contribution in [0.25, 0.3) is 0 Å². The zero-order chi connectivity index (χ0) is 14.5. The Kier molecular flexibility index (Phi) is 4.75. The van der Waals surface area contributed by atoms with E-state index in [9.17, 15) is 4.79 Å². The molecule has 0 aromatic heterocycles. The van der Waals surface area contributed by atoms with E-state index in [1.54, 1.807) is 0 Å². The van der Waals surface area contributed by atoms with Crippen LogP contribution in [0.3, 0.4) is 0 Å². The lowest BCUT2D eigenvalue weighted by atomic mass is 9.87. The highest BCUT2D eigenvalue weighted by Crippen LogP contribution is 2.32. The summed E-state index contributed by atoms with van der Waals surface area (Å²) in [7, 11) is 0. The minimum Gasteiger partial charge on any atom is -0.388 e. The third kappa shape index (κ3) is 3.74. The zero-order valence-corrected chi connectivity index (χ0v) is 12.5. The quantitative estimate of drug-likeness (QED) is 0.810. The van der Waals surface area contributed by atoms with E-state index in [2.05, 4.69) is 15.8 Å². The lowest BCUT2D eigenvalue weighted by Crippen LogP contribution is -2.43. The first-order valence-corrected chi connectivity index (χ1v) is 8.13. The summed E-state index contributed by atoms with van der Waals surface area (Å²) in [5, 5.41) is 10.3. The largest absolute Gasteiger partial charge is 0.388 e. The van der Waals surface area contributed by atoms with Gasteiger partial charge in [0.1, 0.15) is 11.3 Å². The minimum absolute atomic E-state index is 0.0822. The van der Waals surface area contributed by atoms with Gasteiger partial charge in [-0.2, -0.15) is 0 Å². The van der Waals surface area contributed by atoms with Gasteiger partial charge >= 0.3 is 0 Å². The van der Waals surface area contributed by atoms with Gasteiger partial charge in [0.25, 0.3) is 5.91 Å². The fraction of sp³-hybridized carbons (Fsp3) is 0.867. The van der Waals surface area contributed by atoms with Crippen LogP contribution in [0.4, 0.5) is 0 Å². The molecule has 3 rings (SSSR count). The first-order valence-electron chi connectivity index (χ1n) is 8.13. The van der Waals surface area contributed by atoms with Gasteiger partial charge in [-0.1, -0.05) is 5.16 Å². The average molecular weight is 295 g/mol. The van der Waals surface area contributed by atoms with Crippen molar-refractivity contribution in [3.63, 3.8) is 0 Å². The maximum absolute atomic E-state index is 12.1. The predicted octanol–water partition coefficient (Wildman–Crippen LogP) is 0.960. The Morgan fingerprint density at radius 1 is 1.38 bits per heavy atom. The molecule has 2 N–H and O–H groups in total. The van der Waals surface area contributed by atoms with Gasteiger partial charge in [0.05, 0.1) is 6.10 Å². The molecular weight excluding hydrogens is 270 g/mol. The summed E-state index contributed by atoms with van der Waals surface area (Å²) in [5.74, 6) is -0.0822. The van der Waals surface area contributed by atoms with Crippen LogP contribution < -0.4 is 10.6 Å². The Morgan fingerprint density at radius 3 is 3.00 bits per heavy atom. The number of ether oxygens (including phenoxy) is 1. The highest BCUT2D eigenvalue weighted by Gasteiger charge is 2.42. The van der Waals surface area contributed by atoms with Gasteiger partial charge in [-0.15, -0.1) is 0 Å². The molecule has 21 heavy (non-hydrogen) atoms. The van der Waals surface area contributed by atoms with Crippen molar-refractivity contribution >= 4 is 11.6 Å². The standard InChI is InChI=1S/C15H25N3O3/c19-14(17-7-4-12-3-1-2-10-20-12)13-11-15(21-18-13)5-8-16-9-6-15/h12,16H,1-11H2,(H,17,19). The van der Waals surface area contributed by atoms with Gasteiger partial charge in [-0.05, 0) is 38.8 Å². The molecule has 0 saturated carbocycles. The number of amides is 1. The summed E-state index contributed by atoms with van der Waals surface area (Å²) in [6.07, 6.45) is 7.16. The van der Waals surface area contributed by atoms with Crippen molar-refractivity contribution < 1.29 is 14.4 Å². The van der Waals surface area contributed by atoms with Crippen LogP contribution in [-0.4, -0.2) is 49.6 Å². The van der Waals surface area contributed by atoms with Crippen LogP contribution >= 0.6 is 0 Å². The average Bonchev–Trinajstić information content (AvgIpc) is 2.93. The SMILES string of the molecule is O=C(NCCC1CCCCO1)C1=NOC2(CCNCC2)C1. The van der Waals surface area contributed by atoms with Crippen LogP contribution in [0.15, 0.2) is 5.16 Å². The van der Waals surface area contributed by atoms with Gasteiger partial charge in [-0.3, -0.25) is 4.79 Å². The van der Waals surface area contributed by atoms with E-state index in [1.165, 1.54) is 6.42 Å². The molecule has 0 bridgehead atoms. The maximum Gasteiger partial charge on any atom is 0.269 e. The second-order valence-corrected chi connectivity index (χ2v) is 6.27. The molecule has 1 unspecified atom stereocenters. The Hall–Kier alpha value is -1.14. The molecule has 1 spiro atoms. The molecule has 118 valence electrons. The molecule has 3 heterocycles. The number of rotatable bonds is 4. The Labute approximate surface area is 125 Å². The van der Waals surface area contributed by atoms with E-state index >= 15 is 0 Å². The summed E-state index contributed by atoms with van der Waals surface area (Å²) in [5.41, 5.74) is 0.311. The molecule has 6 heteroatoms. The molecule has 0 radical (unpaired) electrons. The van der Waals surface area contributed by atoms with Crippen molar-refractivity contribution in [2.45, 2.75) is 56.7 Å². The summed E-state index contributed by atoms with van der Waals surface area (Å²) < 4.78 is 5.66. The molecule has 3 aliphatic rings. The summed E-state index contributed by atoms with van der Waals surface area (Å²) >= 11 is 0. The molecule has 3 aliphatic heterocycles. The van der Waals surface area contributed by atoms with Gasteiger partial charge in [0, 0.05) is 32.4 Å². The summed E-state index contributed by atoms with van der Waals surface area (Å²) in [4.78, 5) is 17.7. The molecule has 0 aromatic rings. The smallest absolute Gasteiger partial charge is 0.269 e. The summed E-state index contributed by atoms with van der Waals surface area (Å²) in [6.45, 7) is 3.37. The van der Waals surface area contributed by atoms with E-state index in [-0.39, 0.29) is 11.5 Å². The number of hydrogen-bond donors (Lipinski definition) is 2. The van der Waals surface area contributed by atoms with Crippen molar-refractivity contribution in [1.82, 2.24) is 10.6 Å². The van der Waals surface area contributed by atoms with Crippen molar-refractivity contribution in [1.29, 1.82) is 0 Å². The molecular formula is C15H25N3O3. The van der Waals surface area contributed by atoms with Crippen molar-refractivity contribution in [3.05, 3.63) is 0 Å². The Bertz CT molecular complexity index is 399. The number of carbonyl (C=O) groups is 1. The Morgan fingerprint density at radius 2 is 2.24 bits per heavy atom. The second-order valence-electron chi connectivity index (χ2n) is 6.27. The predicted molar refractivity (Wildman–Crippen MR) is 79.2 cm³/mol. The van der Waals surface area contributed by atoms with Gasteiger partial charge in [0.2, 0.25) is 0 Å². The van der Waals surface area contributed by atoms with Crippen LogP contribution in [0, 0.1) is 0 Å². The molecule has 0 aromatic carbocycles. The van der Waals surface area contributed by atoms with Crippen molar-refractivity contribution in [2.75, 3.05) is 26.2 Å². The normalized spacial score (nSPS) is 28.0. The number of nitrogens with zero attached hydrogens (tertiary/aromatic N) is 1. The molecule has 1 atom stereocenters. The number of carbonyl (C=O) groups excluding carboxylic acids is 1. The van der Waals surface area contributed by atoms with E-state index in [4.69, 9.17) is 9.57 Å². The maximum atomic E-state index is 12.1. The second kappa shape index (κ2) is 6.75. The topological polar surface area (TPSA) is 72.0 Å². The monoisotopic (exact) mass is 295 g/mol. The number of piperidine rings is 1. The highest BCUT2D eigenvalue weighted by molar-refractivity contribution is 6.39. The molecule has 2 fully saturated rings. The molecule has 0 aliphatic carbocycles. The van der Waals surface area contributed by atoms with Gasteiger partial charge in [-0.25, -0.2) is 0 Å². The third-order valence-corrected chi connectivity index (χ3v) is 4.64.